The van der Waals surface area contributed by atoms with Gasteiger partial charge in [-0.25, -0.2) is 5.48 Å². The summed E-state index contributed by atoms with van der Waals surface area (Å²) in [5.74, 6) is 2.33. The Kier molecular flexibility index (Phi) is 8.14. The molecule has 0 bridgehead atoms. The van der Waals surface area contributed by atoms with E-state index in [1.165, 1.54) is 38.5 Å². The summed E-state index contributed by atoms with van der Waals surface area (Å²) in [4.78, 5) is 7.84. The van der Waals surface area contributed by atoms with Crippen molar-refractivity contribution in [3.63, 3.8) is 0 Å². The molecule has 192 valence electrons. The number of likely N-dealkylation sites (N-methyl/N-ethyl adjacent to an activating group) is 1. The minimum absolute atomic E-state index is 0.00217. The van der Waals surface area contributed by atoms with E-state index in [1.807, 2.05) is 0 Å². The predicted octanol–water partition coefficient (Wildman–Crippen LogP) is 3.58. The van der Waals surface area contributed by atoms with Gasteiger partial charge in [0.25, 0.3) is 0 Å². The number of hydrogen-bond acceptors (Lipinski definition) is 6. The first-order valence-electron chi connectivity index (χ1n) is 13.8. The molecule has 4 aliphatic carbocycles. The molecule has 0 aromatic carbocycles. The summed E-state index contributed by atoms with van der Waals surface area (Å²) < 4.78 is 6.19. The average Bonchev–Trinajstić information content (AvgIpc) is 3.04. The van der Waals surface area contributed by atoms with Crippen LogP contribution in [0.15, 0.2) is 0 Å². The maximum Gasteiger partial charge on any atom is 0.0809 e. The van der Waals surface area contributed by atoms with Gasteiger partial charge < -0.3 is 25.3 Å². The molecule has 4 aliphatic rings. The monoisotopic (exact) mass is 465 g/mol. The summed E-state index contributed by atoms with van der Waals surface area (Å²) >= 11 is 0. The van der Waals surface area contributed by atoms with Crippen LogP contribution in [0.25, 0.3) is 0 Å². The number of hydroxylamine groups is 1. The summed E-state index contributed by atoms with van der Waals surface area (Å²) in [6.07, 6.45) is 11.9. The third-order valence-corrected chi connectivity index (χ3v) is 10.8. The molecule has 0 radical (unpaired) electrons. The van der Waals surface area contributed by atoms with Gasteiger partial charge in [0.1, 0.15) is 0 Å². The van der Waals surface area contributed by atoms with Gasteiger partial charge in [0.2, 0.25) is 0 Å². The minimum atomic E-state index is -0.519. The second-order valence-corrected chi connectivity index (χ2v) is 12.5. The van der Waals surface area contributed by atoms with Crippen molar-refractivity contribution in [3.8, 4) is 0 Å². The van der Waals surface area contributed by atoms with E-state index < -0.39 is 5.60 Å². The molecule has 4 saturated carbocycles. The fourth-order valence-electron chi connectivity index (χ4n) is 8.57. The van der Waals surface area contributed by atoms with Crippen molar-refractivity contribution < 1.29 is 14.7 Å². The maximum atomic E-state index is 12.3. The van der Waals surface area contributed by atoms with Gasteiger partial charge in [-0.2, -0.15) is 0 Å². The molecular weight excluding hydrogens is 414 g/mol. The molecule has 33 heavy (non-hydrogen) atoms. The van der Waals surface area contributed by atoms with Crippen molar-refractivity contribution in [2.75, 3.05) is 46.9 Å². The minimum Gasteiger partial charge on any atom is -0.389 e. The molecule has 0 aromatic heterocycles. The normalized spacial score (nSPS) is 45.0. The fraction of sp³-hybridized carbons (Fsp3) is 1.00. The Bertz CT molecular complexity index is 648. The molecule has 4 N–H and O–H groups in total. The van der Waals surface area contributed by atoms with E-state index >= 15 is 0 Å². The number of fused-ring (bicyclic) bond motifs is 5. The summed E-state index contributed by atoms with van der Waals surface area (Å²) in [7, 11) is 4.13. The Balaban J connectivity index is 1.38. The molecule has 0 aromatic rings. The molecule has 0 spiro atoms. The Morgan fingerprint density at radius 2 is 1.82 bits per heavy atom. The summed E-state index contributed by atoms with van der Waals surface area (Å²) in [5, 5.41) is 12.3. The first-order chi connectivity index (χ1) is 15.7. The topological polar surface area (TPSA) is 80.0 Å². The highest BCUT2D eigenvalue weighted by atomic mass is 16.6. The van der Waals surface area contributed by atoms with Crippen molar-refractivity contribution in [2.24, 2.45) is 40.2 Å². The van der Waals surface area contributed by atoms with Crippen LogP contribution in [0.5, 0.6) is 0 Å². The summed E-state index contributed by atoms with van der Waals surface area (Å²) in [6, 6.07) is 0. The van der Waals surface area contributed by atoms with Crippen LogP contribution >= 0.6 is 0 Å². The molecular formula is C27H51N3O3. The number of hydrogen-bond donors (Lipinski definition) is 3. The number of nitrogens with two attached hydrogens (primary N) is 1. The largest absolute Gasteiger partial charge is 0.389 e. The quantitative estimate of drug-likeness (QED) is 0.338. The number of nitrogens with zero attached hydrogens (tertiary/aromatic N) is 1. The van der Waals surface area contributed by atoms with Crippen LogP contribution in [0.1, 0.15) is 78.1 Å². The SMILES string of the molecule is CN(C)CCONC[C@H]1CC[C@]2(O)[C@@H]3CC[C@@H]4C[C@@H](OCCCN)CC[C@]4(C)[C@H]3CC[C@]12C. The van der Waals surface area contributed by atoms with Crippen LogP contribution < -0.4 is 11.2 Å². The van der Waals surface area contributed by atoms with E-state index in [-0.39, 0.29) is 5.41 Å². The van der Waals surface area contributed by atoms with E-state index in [0.29, 0.717) is 42.4 Å². The Morgan fingerprint density at radius 1 is 1.00 bits per heavy atom. The number of ether oxygens (including phenoxy) is 1. The van der Waals surface area contributed by atoms with Crippen molar-refractivity contribution in [3.05, 3.63) is 0 Å². The third kappa shape index (κ3) is 4.77. The zero-order valence-corrected chi connectivity index (χ0v) is 21.8. The Labute approximate surface area is 202 Å². The molecule has 0 unspecified atom stereocenters. The van der Waals surface area contributed by atoms with Crippen molar-refractivity contribution in [1.29, 1.82) is 0 Å². The second-order valence-electron chi connectivity index (χ2n) is 12.5. The lowest BCUT2D eigenvalue weighted by molar-refractivity contribution is -0.212. The Hall–Kier alpha value is -0.240. The molecule has 0 amide bonds. The summed E-state index contributed by atoms with van der Waals surface area (Å²) in [5.41, 5.74) is 8.74. The zero-order valence-electron chi connectivity index (χ0n) is 21.8. The van der Waals surface area contributed by atoms with Gasteiger partial charge in [0, 0.05) is 25.1 Å². The molecule has 6 nitrogen and oxygen atoms in total. The van der Waals surface area contributed by atoms with Gasteiger partial charge in [-0.05, 0) is 114 Å². The first-order valence-corrected chi connectivity index (χ1v) is 13.8. The van der Waals surface area contributed by atoms with Crippen LogP contribution in [-0.2, 0) is 9.57 Å². The molecule has 4 rings (SSSR count). The zero-order chi connectivity index (χ0) is 23.7. The number of rotatable bonds is 10. The second kappa shape index (κ2) is 10.4. The van der Waals surface area contributed by atoms with Crippen LogP contribution in [-0.4, -0.2) is 68.7 Å². The lowest BCUT2D eigenvalue weighted by Crippen LogP contribution is -2.62. The first kappa shape index (κ1) is 25.8. The van der Waals surface area contributed by atoms with E-state index in [4.69, 9.17) is 15.3 Å². The Morgan fingerprint density at radius 3 is 2.58 bits per heavy atom. The number of aliphatic hydroxyl groups is 1. The predicted molar refractivity (Wildman–Crippen MR) is 133 cm³/mol. The van der Waals surface area contributed by atoms with Gasteiger partial charge in [-0.1, -0.05) is 13.8 Å². The van der Waals surface area contributed by atoms with E-state index in [0.717, 1.165) is 51.3 Å². The lowest BCUT2D eigenvalue weighted by Gasteiger charge is -2.63. The van der Waals surface area contributed by atoms with Gasteiger partial charge in [-0.15, -0.1) is 0 Å². The molecule has 0 heterocycles. The van der Waals surface area contributed by atoms with Crippen LogP contribution in [0, 0.1) is 34.5 Å². The maximum absolute atomic E-state index is 12.3. The standard InChI is InChI=1S/C27H51N3O3/c1-25-11-9-22(32-16-5-14-28)18-20(25)6-7-24-23(25)10-12-26(2)21(8-13-27(24,26)31)19-29-33-17-15-30(3)4/h20-24,29,31H,5-19,28H2,1-4H3/t20-,21-,22+,23+,24-,25+,26-,27+/m1/s1. The van der Waals surface area contributed by atoms with Gasteiger partial charge in [0.15, 0.2) is 0 Å². The number of nitrogens with one attached hydrogen (secondary N) is 1. The lowest BCUT2D eigenvalue weighted by atomic mass is 9.43. The highest BCUT2D eigenvalue weighted by Crippen LogP contribution is 2.68. The van der Waals surface area contributed by atoms with Crippen molar-refractivity contribution >= 4 is 0 Å². The molecule has 4 fully saturated rings. The molecule has 0 saturated heterocycles. The van der Waals surface area contributed by atoms with Crippen LogP contribution in [0.3, 0.4) is 0 Å². The molecule has 8 atom stereocenters. The highest BCUT2D eigenvalue weighted by molar-refractivity contribution is 5.16. The molecule has 0 aliphatic heterocycles. The highest BCUT2D eigenvalue weighted by Gasteiger charge is 2.67. The van der Waals surface area contributed by atoms with Gasteiger partial charge in [0.05, 0.1) is 18.3 Å². The average molecular weight is 466 g/mol. The van der Waals surface area contributed by atoms with Gasteiger partial charge >= 0.3 is 0 Å². The van der Waals surface area contributed by atoms with Crippen LogP contribution in [0.4, 0.5) is 0 Å². The fourth-order valence-corrected chi connectivity index (χ4v) is 8.57. The smallest absolute Gasteiger partial charge is 0.0809 e. The van der Waals surface area contributed by atoms with E-state index in [9.17, 15) is 5.11 Å². The third-order valence-electron chi connectivity index (χ3n) is 10.8. The van der Waals surface area contributed by atoms with Gasteiger partial charge in [-0.3, -0.25) is 0 Å². The van der Waals surface area contributed by atoms with E-state index in [1.54, 1.807) is 0 Å². The van der Waals surface area contributed by atoms with E-state index in [2.05, 4.69) is 38.3 Å². The molecule has 6 heteroatoms. The summed E-state index contributed by atoms with van der Waals surface area (Å²) in [6.45, 7) is 8.94. The van der Waals surface area contributed by atoms with Crippen molar-refractivity contribution in [2.45, 2.75) is 89.8 Å². The van der Waals surface area contributed by atoms with Crippen LogP contribution in [0.2, 0.25) is 0 Å². The van der Waals surface area contributed by atoms with Crippen molar-refractivity contribution in [1.82, 2.24) is 10.4 Å².